The van der Waals surface area contributed by atoms with Crippen molar-refractivity contribution in [2.24, 2.45) is 0 Å². The number of amides is 2. The number of carbonyl (C=O) groups is 2. The van der Waals surface area contributed by atoms with Gasteiger partial charge in [0.05, 0.1) is 0 Å². The molecule has 1 N–H and O–H groups in total. The van der Waals surface area contributed by atoms with Gasteiger partial charge in [-0.15, -0.1) is 0 Å². The van der Waals surface area contributed by atoms with Gasteiger partial charge in [-0.2, -0.15) is 0 Å². The molecule has 0 unspecified atom stereocenters. The molecule has 2 aromatic carbocycles. The van der Waals surface area contributed by atoms with Gasteiger partial charge in [-0.1, -0.05) is 62.1 Å². The van der Waals surface area contributed by atoms with E-state index >= 15 is 0 Å². The summed E-state index contributed by atoms with van der Waals surface area (Å²) in [5.74, 6) is 0.428. The molecular weight excluding hydrogens is 412 g/mol. The van der Waals surface area contributed by atoms with E-state index in [9.17, 15) is 9.59 Å². The van der Waals surface area contributed by atoms with E-state index in [4.69, 9.17) is 4.74 Å². The van der Waals surface area contributed by atoms with Crippen molar-refractivity contribution in [1.29, 1.82) is 0 Å². The van der Waals surface area contributed by atoms with Gasteiger partial charge in [0, 0.05) is 12.6 Å². The van der Waals surface area contributed by atoms with Gasteiger partial charge in [0.1, 0.15) is 11.8 Å². The second kappa shape index (κ2) is 11.9. The minimum atomic E-state index is -0.524. The van der Waals surface area contributed by atoms with Gasteiger partial charge in [0.25, 0.3) is 5.91 Å². The Kier molecular flexibility index (Phi) is 8.93. The molecule has 0 heterocycles. The lowest BCUT2D eigenvalue weighted by atomic mass is 9.95. The predicted octanol–water partition coefficient (Wildman–Crippen LogP) is 5.25. The maximum absolute atomic E-state index is 13.4. The molecule has 0 saturated heterocycles. The predicted molar refractivity (Wildman–Crippen MR) is 132 cm³/mol. The van der Waals surface area contributed by atoms with Crippen LogP contribution in [-0.4, -0.2) is 35.4 Å². The minimum absolute atomic E-state index is 0.0592. The Labute approximate surface area is 198 Å². The molecule has 178 valence electrons. The summed E-state index contributed by atoms with van der Waals surface area (Å²) >= 11 is 0. The molecule has 1 fully saturated rings. The van der Waals surface area contributed by atoms with Gasteiger partial charge in [-0.3, -0.25) is 9.59 Å². The maximum atomic E-state index is 13.4. The van der Waals surface area contributed by atoms with Crippen molar-refractivity contribution in [1.82, 2.24) is 10.2 Å². The average molecular weight is 451 g/mol. The zero-order chi connectivity index (χ0) is 23.8. The van der Waals surface area contributed by atoms with Crippen LogP contribution in [0.5, 0.6) is 5.75 Å². The molecule has 0 aliphatic heterocycles. The summed E-state index contributed by atoms with van der Waals surface area (Å²) in [5.41, 5.74) is 4.47. The molecule has 0 radical (unpaired) electrons. The van der Waals surface area contributed by atoms with Crippen LogP contribution in [0, 0.1) is 20.8 Å². The van der Waals surface area contributed by atoms with Gasteiger partial charge in [0.2, 0.25) is 5.91 Å². The number of nitrogens with zero attached hydrogens (tertiary/aromatic N) is 1. The summed E-state index contributed by atoms with van der Waals surface area (Å²) < 4.78 is 5.84. The fourth-order valence-corrected chi connectivity index (χ4v) is 4.39. The molecule has 1 atom stereocenters. The van der Waals surface area contributed by atoms with Crippen LogP contribution in [0.15, 0.2) is 42.5 Å². The Morgan fingerprint density at radius 2 is 1.70 bits per heavy atom. The van der Waals surface area contributed by atoms with Crippen LogP contribution >= 0.6 is 0 Å². The number of hydrogen-bond acceptors (Lipinski definition) is 3. The fourth-order valence-electron chi connectivity index (χ4n) is 4.39. The van der Waals surface area contributed by atoms with Crippen LogP contribution in [0.1, 0.15) is 67.7 Å². The van der Waals surface area contributed by atoms with Crippen LogP contribution < -0.4 is 10.1 Å². The van der Waals surface area contributed by atoms with E-state index < -0.39 is 6.04 Å². The first kappa shape index (κ1) is 24.8. The first-order valence-corrected chi connectivity index (χ1v) is 12.2. The largest absolute Gasteiger partial charge is 0.484 e. The molecule has 33 heavy (non-hydrogen) atoms. The van der Waals surface area contributed by atoms with Crippen molar-refractivity contribution in [2.45, 2.75) is 84.8 Å². The zero-order valence-electron chi connectivity index (χ0n) is 20.5. The van der Waals surface area contributed by atoms with E-state index in [1.54, 1.807) is 4.90 Å². The highest BCUT2D eigenvalue weighted by Crippen LogP contribution is 2.20. The highest BCUT2D eigenvalue weighted by Gasteiger charge is 2.30. The number of carbonyl (C=O) groups excluding carboxylic acids is 2. The monoisotopic (exact) mass is 450 g/mol. The molecule has 0 bridgehead atoms. The van der Waals surface area contributed by atoms with Crippen LogP contribution in [0.3, 0.4) is 0 Å². The quantitative estimate of drug-likeness (QED) is 0.568. The molecule has 2 amide bonds. The van der Waals surface area contributed by atoms with E-state index in [1.165, 1.54) is 12.0 Å². The number of hydrogen-bond donors (Lipinski definition) is 1. The molecule has 1 aliphatic carbocycles. The standard InChI is InChI=1S/C28H38N2O3/c1-5-26(28(32)29-24-9-7-6-8-10-24)30(18-23-14-11-20(2)12-15-23)27(31)19-33-25-16-13-21(3)22(4)17-25/h11-17,24,26H,5-10,18-19H2,1-4H3,(H,29,32)/t26-/m0/s1. The molecule has 5 heteroatoms. The lowest BCUT2D eigenvalue weighted by Gasteiger charge is -2.32. The Hall–Kier alpha value is -2.82. The number of nitrogens with one attached hydrogen (secondary N) is 1. The van der Waals surface area contributed by atoms with Gasteiger partial charge in [-0.05, 0) is 68.9 Å². The number of aryl methyl sites for hydroxylation is 3. The van der Waals surface area contributed by atoms with E-state index in [-0.39, 0.29) is 24.5 Å². The molecule has 1 saturated carbocycles. The molecule has 2 aromatic rings. The zero-order valence-corrected chi connectivity index (χ0v) is 20.5. The third-order valence-corrected chi connectivity index (χ3v) is 6.65. The van der Waals surface area contributed by atoms with Gasteiger partial charge < -0.3 is 15.0 Å². The second-order valence-electron chi connectivity index (χ2n) is 9.31. The van der Waals surface area contributed by atoms with E-state index in [0.29, 0.717) is 18.7 Å². The lowest BCUT2D eigenvalue weighted by Crippen LogP contribution is -2.52. The Morgan fingerprint density at radius 3 is 2.33 bits per heavy atom. The molecule has 3 rings (SSSR count). The van der Waals surface area contributed by atoms with E-state index in [0.717, 1.165) is 42.4 Å². The average Bonchev–Trinajstić information content (AvgIpc) is 2.81. The van der Waals surface area contributed by atoms with Gasteiger partial charge >= 0.3 is 0 Å². The van der Waals surface area contributed by atoms with Gasteiger partial charge in [0.15, 0.2) is 6.61 Å². The molecular formula is C28H38N2O3. The Morgan fingerprint density at radius 1 is 1.00 bits per heavy atom. The molecule has 0 spiro atoms. The summed E-state index contributed by atoms with van der Waals surface area (Å²) in [7, 11) is 0. The van der Waals surface area contributed by atoms with Crippen molar-refractivity contribution < 1.29 is 14.3 Å². The fraction of sp³-hybridized carbons (Fsp3) is 0.500. The summed E-state index contributed by atoms with van der Waals surface area (Å²) in [4.78, 5) is 28.3. The third-order valence-electron chi connectivity index (χ3n) is 6.65. The summed E-state index contributed by atoms with van der Waals surface area (Å²) in [6.45, 7) is 8.36. The summed E-state index contributed by atoms with van der Waals surface area (Å²) in [6.07, 6.45) is 6.13. The summed E-state index contributed by atoms with van der Waals surface area (Å²) in [6, 6.07) is 13.6. The van der Waals surface area contributed by atoms with Crippen LogP contribution in [0.2, 0.25) is 0 Å². The highest BCUT2D eigenvalue weighted by atomic mass is 16.5. The first-order chi connectivity index (χ1) is 15.9. The first-order valence-electron chi connectivity index (χ1n) is 12.2. The number of benzene rings is 2. The van der Waals surface area contributed by atoms with Crippen LogP contribution in [0.25, 0.3) is 0 Å². The van der Waals surface area contributed by atoms with Crippen LogP contribution in [0.4, 0.5) is 0 Å². The van der Waals surface area contributed by atoms with Crippen LogP contribution in [-0.2, 0) is 16.1 Å². The highest BCUT2D eigenvalue weighted by molar-refractivity contribution is 5.88. The number of ether oxygens (including phenoxy) is 1. The Balaban J connectivity index is 1.75. The lowest BCUT2D eigenvalue weighted by molar-refractivity contribution is -0.143. The van der Waals surface area contributed by atoms with E-state index in [2.05, 4.69) is 5.32 Å². The third kappa shape index (κ3) is 7.08. The minimum Gasteiger partial charge on any atom is -0.484 e. The van der Waals surface area contributed by atoms with Crippen molar-refractivity contribution >= 4 is 11.8 Å². The number of rotatable bonds is 9. The molecule has 5 nitrogen and oxygen atoms in total. The topological polar surface area (TPSA) is 58.6 Å². The maximum Gasteiger partial charge on any atom is 0.261 e. The van der Waals surface area contributed by atoms with Crippen molar-refractivity contribution in [2.75, 3.05) is 6.61 Å². The molecule has 1 aliphatic rings. The van der Waals surface area contributed by atoms with Crippen molar-refractivity contribution in [3.63, 3.8) is 0 Å². The van der Waals surface area contributed by atoms with Crippen molar-refractivity contribution in [3.05, 3.63) is 64.7 Å². The Bertz CT molecular complexity index is 933. The summed E-state index contributed by atoms with van der Waals surface area (Å²) in [5, 5.41) is 3.21. The van der Waals surface area contributed by atoms with E-state index in [1.807, 2.05) is 70.2 Å². The van der Waals surface area contributed by atoms with Gasteiger partial charge in [-0.25, -0.2) is 0 Å². The smallest absolute Gasteiger partial charge is 0.261 e. The molecule has 0 aromatic heterocycles. The second-order valence-corrected chi connectivity index (χ2v) is 9.31. The SMILES string of the molecule is CC[C@@H](C(=O)NC1CCCCC1)N(Cc1ccc(C)cc1)C(=O)COc1ccc(C)c(C)c1. The normalized spacial score (nSPS) is 15.0. The van der Waals surface area contributed by atoms with Crippen molar-refractivity contribution in [3.8, 4) is 5.75 Å².